The minimum absolute atomic E-state index is 0.0940. The van der Waals surface area contributed by atoms with Crippen molar-refractivity contribution < 1.29 is 13.7 Å². The summed E-state index contributed by atoms with van der Waals surface area (Å²) in [4.78, 5) is 16.0. The first-order chi connectivity index (χ1) is 9.50. The van der Waals surface area contributed by atoms with Gasteiger partial charge in [-0.05, 0) is 19.9 Å². The lowest BCUT2D eigenvalue weighted by Gasteiger charge is -2.23. The molecule has 0 unspecified atom stereocenters. The number of carbonyl (C=O) groups is 1. The van der Waals surface area contributed by atoms with Crippen LogP contribution in [0.1, 0.15) is 26.2 Å². The summed E-state index contributed by atoms with van der Waals surface area (Å²) in [5, 5.41) is 6.67. The highest BCUT2D eigenvalue weighted by Crippen LogP contribution is 2.16. The zero-order valence-corrected chi connectivity index (χ0v) is 11.5. The first-order valence-corrected chi connectivity index (χ1v) is 6.36. The number of furan rings is 1. The topological polar surface area (TPSA) is 107 Å². The largest absolute Gasteiger partial charge is 0.472 e. The molecular weight excluding hydrogens is 260 g/mol. The molecule has 20 heavy (non-hydrogen) atoms. The van der Waals surface area contributed by atoms with Gasteiger partial charge in [-0.15, -0.1) is 0 Å². The third-order valence-electron chi connectivity index (χ3n) is 2.80. The van der Waals surface area contributed by atoms with Crippen molar-refractivity contribution in [2.24, 2.45) is 5.73 Å². The fourth-order valence-corrected chi connectivity index (χ4v) is 1.58. The van der Waals surface area contributed by atoms with Crippen LogP contribution in [0.15, 0.2) is 27.5 Å². The maximum Gasteiger partial charge on any atom is 0.227 e. The van der Waals surface area contributed by atoms with Crippen LogP contribution < -0.4 is 11.1 Å². The molecule has 0 fully saturated rings. The van der Waals surface area contributed by atoms with Crippen molar-refractivity contribution in [3.63, 3.8) is 0 Å². The van der Waals surface area contributed by atoms with Gasteiger partial charge in [-0.25, -0.2) is 0 Å². The second kappa shape index (κ2) is 5.87. The Balaban J connectivity index is 1.87. The summed E-state index contributed by atoms with van der Waals surface area (Å²) in [5.41, 5.74) is 5.89. The fourth-order valence-electron chi connectivity index (χ4n) is 1.58. The van der Waals surface area contributed by atoms with Crippen LogP contribution in [0, 0.1) is 0 Å². The van der Waals surface area contributed by atoms with E-state index in [1.54, 1.807) is 6.07 Å². The van der Waals surface area contributed by atoms with E-state index in [1.807, 2.05) is 13.8 Å². The molecule has 7 nitrogen and oxygen atoms in total. The number of nitrogens with one attached hydrogen (secondary N) is 1. The summed E-state index contributed by atoms with van der Waals surface area (Å²) in [6, 6.07) is 1.74. The molecule has 0 aliphatic carbocycles. The van der Waals surface area contributed by atoms with E-state index in [0.29, 0.717) is 24.7 Å². The Bertz CT molecular complexity index is 560. The van der Waals surface area contributed by atoms with Gasteiger partial charge >= 0.3 is 0 Å². The van der Waals surface area contributed by atoms with E-state index in [0.717, 1.165) is 5.56 Å². The molecule has 2 rings (SSSR count). The summed E-state index contributed by atoms with van der Waals surface area (Å²) < 4.78 is 10.0. The molecule has 3 N–H and O–H groups in total. The molecular formula is C13H18N4O3. The summed E-state index contributed by atoms with van der Waals surface area (Å²) in [6.07, 6.45) is 3.73. The van der Waals surface area contributed by atoms with Gasteiger partial charge in [-0.3, -0.25) is 4.79 Å². The van der Waals surface area contributed by atoms with E-state index < -0.39 is 5.54 Å². The fraction of sp³-hybridized carbons (Fsp3) is 0.462. The second-order valence-corrected chi connectivity index (χ2v) is 5.16. The zero-order valence-electron chi connectivity index (χ0n) is 11.5. The van der Waals surface area contributed by atoms with Gasteiger partial charge in [0.2, 0.25) is 17.6 Å². The molecule has 0 aromatic carbocycles. The van der Waals surface area contributed by atoms with Gasteiger partial charge in [-0.1, -0.05) is 5.16 Å². The molecule has 0 spiro atoms. The lowest BCUT2D eigenvalue weighted by atomic mass is 10.1. The Kier molecular flexibility index (Phi) is 4.19. The molecule has 2 aromatic rings. The predicted octanol–water partition coefficient (Wildman–Crippen LogP) is 1.12. The average Bonchev–Trinajstić information content (AvgIpc) is 3.06. The van der Waals surface area contributed by atoms with E-state index in [1.165, 1.54) is 12.5 Å². The maximum absolute atomic E-state index is 11.8. The maximum atomic E-state index is 11.8. The van der Waals surface area contributed by atoms with Crippen molar-refractivity contribution in [1.82, 2.24) is 15.5 Å². The Labute approximate surface area is 116 Å². The van der Waals surface area contributed by atoms with Crippen LogP contribution in [0.4, 0.5) is 0 Å². The number of aromatic nitrogens is 2. The van der Waals surface area contributed by atoms with E-state index in [-0.39, 0.29) is 12.3 Å². The highest BCUT2D eigenvalue weighted by Gasteiger charge is 2.18. The summed E-state index contributed by atoms with van der Waals surface area (Å²) >= 11 is 0. The van der Waals surface area contributed by atoms with Gasteiger partial charge < -0.3 is 20.0 Å². The van der Waals surface area contributed by atoms with Gasteiger partial charge in [0.1, 0.15) is 6.26 Å². The number of rotatable bonds is 6. The molecule has 0 atom stereocenters. The standard InChI is InChI=1S/C13H18N4O3/c1-13(2,8-14)16-10(18)3-4-11-15-12(17-20-11)9-5-6-19-7-9/h5-7H,3-4,8,14H2,1-2H3,(H,16,18). The lowest BCUT2D eigenvalue weighted by molar-refractivity contribution is -0.122. The van der Waals surface area contributed by atoms with Crippen LogP contribution in [0.3, 0.4) is 0 Å². The SMILES string of the molecule is CC(C)(CN)NC(=O)CCc1nc(-c2ccoc2)no1. The first-order valence-electron chi connectivity index (χ1n) is 6.36. The van der Waals surface area contributed by atoms with Gasteiger partial charge in [-0.2, -0.15) is 4.98 Å². The van der Waals surface area contributed by atoms with Crippen molar-refractivity contribution in [3.05, 3.63) is 24.5 Å². The zero-order chi connectivity index (χ0) is 14.6. The molecule has 0 saturated carbocycles. The Morgan fingerprint density at radius 3 is 2.95 bits per heavy atom. The molecule has 0 saturated heterocycles. The number of nitrogens with zero attached hydrogens (tertiary/aromatic N) is 2. The highest BCUT2D eigenvalue weighted by molar-refractivity contribution is 5.76. The lowest BCUT2D eigenvalue weighted by Crippen LogP contribution is -2.48. The average molecular weight is 278 g/mol. The number of nitrogens with two attached hydrogens (primary N) is 1. The number of aryl methyl sites for hydroxylation is 1. The van der Waals surface area contributed by atoms with Crippen LogP contribution in [0.2, 0.25) is 0 Å². The van der Waals surface area contributed by atoms with Crippen LogP contribution in [0.5, 0.6) is 0 Å². The van der Waals surface area contributed by atoms with Crippen LogP contribution in [-0.4, -0.2) is 28.1 Å². The van der Waals surface area contributed by atoms with E-state index in [4.69, 9.17) is 14.7 Å². The third kappa shape index (κ3) is 3.67. The Hall–Kier alpha value is -2.15. The smallest absolute Gasteiger partial charge is 0.227 e. The molecule has 0 aliphatic heterocycles. The molecule has 0 bridgehead atoms. The monoisotopic (exact) mass is 278 g/mol. The summed E-state index contributed by atoms with van der Waals surface area (Å²) in [7, 11) is 0. The second-order valence-electron chi connectivity index (χ2n) is 5.16. The number of carbonyl (C=O) groups excluding carboxylic acids is 1. The predicted molar refractivity (Wildman–Crippen MR) is 71.6 cm³/mol. The van der Waals surface area contributed by atoms with Gasteiger partial charge in [0, 0.05) is 24.9 Å². The minimum atomic E-state index is -0.409. The molecule has 0 aliphatic rings. The van der Waals surface area contributed by atoms with E-state index >= 15 is 0 Å². The van der Waals surface area contributed by atoms with E-state index in [9.17, 15) is 4.79 Å². The summed E-state index contributed by atoms with van der Waals surface area (Å²) in [5.74, 6) is 0.780. The van der Waals surface area contributed by atoms with Crippen molar-refractivity contribution >= 4 is 5.91 Å². The van der Waals surface area contributed by atoms with E-state index in [2.05, 4.69) is 15.5 Å². The Morgan fingerprint density at radius 1 is 1.50 bits per heavy atom. The van der Waals surface area contributed by atoms with Crippen molar-refractivity contribution in [2.45, 2.75) is 32.2 Å². The molecule has 108 valence electrons. The molecule has 7 heteroatoms. The number of hydrogen-bond donors (Lipinski definition) is 2. The normalized spacial score (nSPS) is 11.6. The first kappa shape index (κ1) is 14.3. The molecule has 1 amide bonds. The minimum Gasteiger partial charge on any atom is -0.472 e. The summed E-state index contributed by atoms with van der Waals surface area (Å²) in [6.45, 7) is 4.12. The van der Waals surface area contributed by atoms with Crippen LogP contribution >= 0.6 is 0 Å². The molecule has 2 heterocycles. The quantitative estimate of drug-likeness (QED) is 0.819. The van der Waals surface area contributed by atoms with Gasteiger partial charge in [0.25, 0.3) is 0 Å². The Morgan fingerprint density at radius 2 is 2.30 bits per heavy atom. The van der Waals surface area contributed by atoms with Gasteiger partial charge in [0.05, 0.1) is 11.8 Å². The third-order valence-corrected chi connectivity index (χ3v) is 2.80. The number of hydrogen-bond acceptors (Lipinski definition) is 6. The molecule has 0 radical (unpaired) electrons. The van der Waals surface area contributed by atoms with Crippen LogP contribution in [0.25, 0.3) is 11.4 Å². The van der Waals surface area contributed by atoms with Crippen molar-refractivity contribution in [2.75, 3.05) is 6.54 Å². The van der Waals surface area contributed by atoms with Crippen molar-refractivity contribution in [1.29, 1.82) is 0 Å². The number of amides is 1. The highest BCUT2D eigenvalue weighted by atomic mass is 16.5. The van der Waals surface area contributed by atoms with Crippen molar-refractivity contribution in [3.8, 4) is 11.4 Å². The van der Waals surface area contributed by atoms with Crippen LogP contribution in [-0.2, 0) is 11.2 Å². The molecule has 2 aromatic heterocycles. The van der Waals surface area contributed by atoms with Gasteiger partial charge in [0.15, 0.2) is 0 Å².